The Morgan fingerprint density at radius 1 is 1.03 bits per heavy atom. The number of nitrogens with zero attached hydrogens (tertiary/aromatic N) is 2. The average Bonchev–Trinajstić information content (AvgIpc) is 3.28. The Kier molecular flexibility index (Phi) is 6.12. The Morgan fingerprint density at radius 2 is 1.81 bits per heavy atom. The predicted octanol–water partition coefficient (Wildman–Crippen LogP) is 2.75. The molecular formula is C25H20F2N4O5S. The van der Waals surface area contributed by atoms with Crippen molar-refractivity contribution in [2.24, 2.45) is 0 Å². The number of nitrogens with one attached hydrogen (secondary N) is 2. The maximum Gasteiger partial charge on any atom is 0.328 e. The van der Waals surface area contributed by atoms with Crippen LogP contribution < -0.4 is 20.9 Å². The molecule has 5 rings (SSSR count). The molecule has 190 valence electrons. The van der Waals surface area contributed by atoms with Gasteiger partial charge in [-0.15, -0.1) is 0 Å². The molecule has 1 aliphatic heterocycles. The Bertz CT molecular complexity index is 1780. The second kappa shape index (κ2) is 9.28. The van der Waals surface area contributed by atoms with Crippen LogP contribution in [0.2, 0.25) is 0 Å². The molecule has 2 heterocycles. The van der Waals surface area contributed by atoms with Gasteiger partial charge in [-0.1, -0.05) is 18.2 Å². The van der Waals surface area contributed by atoms with Crippen molar-refractivity contribution in [3.05, 3.63) is 98.7 Å². The third-order valence-corrected chi connectivity index (χ3v) is 7.59. The first-order valence-electron chi connectivity index (χ1n) is 11.3. The smallest absolute Gasteiger partial charge is 0.312 e. The van der Waals surface area contributed by atoms with Gasteiger partial charge < -0.3 is 4.90 Å². The topological polar surface area (TPSA) is 121 Å². The zero-order valence-corrected chi connectivity index (χ0v) is 20.0. The lowest BCUT2D eigenvalue weighted by molar-refractivity contribution is -0.118. The number of carbonyl (C=O) groups excluding carboxylic acids is 1. The first-order valence-corrected chi connectivity index (χ1v) is 12.8. The second-order valence-corrected chi connectivity index (χ2v) is 10.1. The molecule has 0 aliphatic carbocycles. The van der Waals surface area contributed by atoms with E-state index in [1.54, 1.807) is 35.2 Å². The normalized spacial score (nSPS) is 13.1. The summed E-state index contributed by atoms with van der Waals surface area (Å²) in [5.74, 6) is -3.00. The van der Waals surface area contributed by atoms with E-state index >= 15 is 0 Å². The molecule has 3 aromatic carbocycles. The Labute approximate surface area is 209 Å². The number of hydrogen-bond acceptors (Lipinski definition) is 5. The van der Waals surface area contributed by atoms with Crippen LogP contribution in [0.1, 0.15) is 12.0 Å². The molecule has 0 bridgehead atoms. The fourth-order valence-corrected chi connectivity index (χ4v) is 5.57. The molecular weight excluding hydrogens is 506 g/mol. The number of para-hydroxylation sites is 1. The summed E-state index contributed by atoms with van der Waals surface area (Å²) >= 11 is 0. The number of hydrogen-bond donors (Lipinski definition) is 2. The van der Waals surface area contributed by atoms with Gasteiger partial charge in [0.05, 0.1) is 10.9 Å². The molecule has 1 aliphatic rings. The quantitative estimate of drug-likeness (QED) is 0.400. The van der Waals surface area contributed by atoms with E-state index in [1.807, 2.05) is 0 Å². The molecule has 4 aromatic rings. The summed E-state index contributed by atoms with van der Waals surface area (Å²) in [6.07, 6.45) is 0.440. The van der Waals surface area contributed by atoms with Gasteiger partial charge in [-0.05, 0) is 54.4 Å². The minimum Gasteiger partial charge on any atom is -0.312 e. The molecule has 0 fully saturated rings. The summed E-state index contributed by atoms with van der Waals surface area (Å²) in [4.78, 5) is 40.4. The van der Waals surface area contributed by atoms with Crippen LogP contribution in [-0.4, -0.2) is 30.4 Å². The van der Waals surface area contributed by atoms with Crippen LogP contribution in [0, 0.1) is 11.6 Å². The lowest BCUT2D eigenvalue weighted by atomic mass is 10.1. The second-order valence-electron chi connectivity index (χ2n) is 8.47. The summed E-state index contributed by atoms with van der Waals surface area (Å²) in [5.41, 5.74) is 0.747. The average molecular weight is 527 g/mol. The number of benzene rings is 3. The molecule has 0 radical (unpaired) electrons. The third-order valence-electron chi connectivity index (χ3n) is 6.19. The number of rotatable bonds is 6. The van der Waals surface area contributed by atoms with Crippen molar-refractivity contribution in [1.82, 2.24) is 9.55 Å². The fraction of sp³-hybridized carbons (Fsp3) is 0.160. The van der Waals surface area contributed by atoms with E-state index in [-0.39, 0.29) is 24.6 Å². The largest absolute Gasteiger partial charge is 0.328 e. The van der Waals surface area contributed by atoms with Crippen LogP contribution in [0.5, 0.6) is 0 Å². The van der Waals surface area contributed by atoms with E-state index in [0.29, 0.717) is 35.1 Å². The highest BCUT2D eigenvalue weighted by Crippen LogP contribution is 2.32. The molecule has 0 saturated heterocycles. The zero-order valence-electron chi connectivity index (χ0n) is 19.2. The minimum absolute atomic E-state index is 0.0113. The summed E-state index contributed by atoms with van der Waals surface area (Å²) in [6, 6.07) is 14.0. The highest BCUT2D eigenvalue weighted by molar-refractivity contribution is 7.92. The van der Waals surface area contributed by atoms with Crippen LogP contribution in [-0.2, 0) is 27.8 Å². The van der Waals surface area contributed by atoms with Gasteiger partial charge in [-0.2, -0.15) is 0 Å². The number of amides is 1. The Morgan fingerprint density at radius 3 is 2.62 bits per heavy atom. The van der Waals surface area contributed by atoms with Gasteiger partial charge >= 0.3 is 5.69 Å². The van der Waals surface area contributed by atoms with Gasteiger partial charge in [0.15, 0.2) is 11.6 Å². The number of carbonyl (C=O) groups is 1. The highest BCUT2D eigenvalue weighted by Gasteiger charge is 2.26. The maximum absolute atomic E-state index is 14.0. The molecule has 9 nitrogen and oxygen atoms in total. The molecule has 1 aromatic heterocycles. The van der Waals surface area contributed by atoms with Crippen LogP contribution >= 0.6 is 0 Å². The number of fused-ring (bicyclic) bond motifs is 2. The molecule has 0 saturated carbocycles. The van der Waals surface area contributed by atoms with E-state index in [1.165, 1.54) is 16.7 Å². The van der Waals surface area contributed by atoms with Crippen molar-refractivity contribution in [1.29, 1.82) is 0 Å². The maximum atomic E-state index is 14.0. The number of sulfonamides is 1. The Hall–Kier alpha value is -4.32. The fourth-order valence-electron chi connectivity index (χ4n) is 4.43. The van der Waals surface area contributed by atoms with Crippen LogP contribution in [0.3, 0.4) is 0 Å². The number of halogens is 2. The van der Waals surface area contributed by atoms with E-state index in [4.69, 9.17) is 0 Å². The number of H-pyrrole nitrogens is 1. The number of aromatic amines is 1. The van der Waals surface area contributed by atoms with Gasteiger partial charge in [0, 0.05) is 30.9 Å². The van der Waals surface area contributed by atoms with Gasteiger partial charge in [0.2, 0.25) is 5.91 Å². The summed E-state index contributed by atoms with van der Waals surface area (Å²) in [5, 5.41) is 0.342. The van der Waals surface area contributed by atoms with Crippen molar-refractivity contribution in [3.63, 3.8) is 0 Å². The number of aryl methyl sites for hydroxylation is 1. The van der Waals surface area contributed by atoms with Crippen LogP contribution in [0.15, 0.2) is 75.1 Å². The Balaban J connectivity index is 1.33. The van der Waals surface area contributed by atoms with Gasteiger partial charge in [-0.25, -0.2) is 22.0 Å². The van der Waals surface area contributed by atoms with Gasteiger partial charge in [-0.3, -0.25) is 23.9 Å². The van der Waals surface area contributed by atoms with Gasteiger partial charge in [0.25, 0.3) is 15.6 Å². The van der Waals surface area contributed by atoms with Crippen molar-refractivity contribution < 1.29 is 22.0 Å². The first-order chi connectivity index (χ1) is 17.7. The number of aromatic nitrogens is 2. The summed E-state index contributed by atoms with van der Waals surface area (Å²) < 4.78 is 56.2. The lowest BCUT2D eigenvalue weighted by Gasteiger charge is -2.18. The summed E-state index contributed by atoms with van der Waals surface area (Å²) in [7, 11) is -4.38. The van der Waals surface area contributed by atoms with E-state index < -0.39 is 37.8 Å². The molecule has 12 heteroatoms. The molecule has 0 spiro atoms. The van der Waals surface area contributed by atoms with Crippen molar-refractivity contribution in [3.8, 4) is 0 Å². The molecule has 0 unspecified atom stereocenters. The zero-order chi connectivity index (χ0) is 26.3. The van der Waals surface area contributed by atoms with Crippen molar-refractivity contribution in [2.45, 2.75) is 24.3 Å². The molecule has 37 heavy (non-hydrogen) atoms. The minimum atomic E-state index is -4.38. The predicted molar refractivity (Wildman–Crippen MR) is 133 cm³/mol. The highest BCUT2D eigenvalue weighted by atomic mass is 32.2. The third kappa shape index (κ3) is 4.51. The van der Waals surface area contributed by atoms with Crippen LogP contribution in [0.25, 0.3) is 10.9 Å². The van der Waals surface area contributed by atoms with Crippen LogP contribution in [0.4, 0.5) is 20.2 Å². The molecule has 1 amide bonds. The SMILES string of the molecule is O=C(CCn1c(=O)[nH]c(=O)c2ccccc21)N1CCc2cc(NS(=O)(=O)c3cccc(F)c3F)ccc21. The number of anilines is 2. The van der Waals surface area contributed by atoms with E-state index in [2.05, 4.69) is 9.71 Å². The summed E-state index contributed by atoms with van der Waals surface area (Å²) in [6.45, 7) is 0.405. The lowest BCUT2D eigenvalue weighted by Crippen LogP contribution is -2.34. The molecule has 0 atom stereocenters. The van der Waals surface area contributed by atoms with E-state index in [9.17, 15) is 31.6 Å². The first kappa shape index (κ1) is 24.4. The standard InChI is InChI=1S/C25H20F2N4O5S/c26-18-5-3-7-21(23(18)27)37(35,36)29-16-8-9-19-15(14-16)10-12-30(19)22(32)11-13-31-20-6-2-1-4-17(20)24(33)28-25(31)34/h1-9,14,29H,10-13H2,(H,28,33,34). The molecule has 2 N–H and O–H groups in total. The van der Waals surface area contributed by atoms with Crippen molar-refractivity contribution in [2.75, 3.05) is 16.2 Å². The van der Waals surface area contributed by atoms with Gasteiger partial charge in [0.1, 0.15) is 4.90 Å². The van der Waals surface area contributed by atoms with E-state index in [0.717, 1.165) is 18.2 Å². The monoisotopic (exact) mass is 526 g/mol. The van der Waals surface area contributed by atoms with Crippen molar-refractivity contribution >= 4 is 38.2 Å².